The summed E-state index contributed by atoms with van der Waals surface area (Å²) < 4.78 is 30.9. The standard InChI is InChI=1S/C35H72NO5P/c1-9-11-12-13-14-15-16-17-18-19-20-21-22-23-24-25-26-27-28-29-30-39-31-33(41-35(3,4)5)32-40-42(37,38)34(10-2)36(6,7)8/h18-19,33-34H,9-17,20-32H2,1-8H3/p+1/b19-18-/t33-,34?/m1/s1. The van der Waals surface area contributed by atoms with Crippen LogP contribution in [0.4, 0.5) is 0 Å². The van der Waals surface area contributed by atoms with Crippen molar-refractivity contribution in [3.63, 3.8) is 0 Å². The number of hydrogen-bond acceptors (Lipinski definition) is 4. The molecule has 0 saturated carbocycles. The van der Waals surface area contributed by atoms with Crippen LogP contribution >= 0.6 is 7.60 Å². The summed E-state index contributed by atoms with van der Waals surface area (Å²) in [4.78, 5) is 10.6. The first-order valence-corrected chi connectivity index (χ1v) is 19.2. The predicted molar refractivity (Wildman–Crippen MR) is 181 cm³/mol. The molecule has 7 heteroatoms. The van der Waals surface area contributed by atoms with E-state index in [0.717, 1.165) is 6.42 Å². The molecule has 0 bridgehead atoms. The van der Waals surface area contributed by atoms with Crippen molar-refractivity contribution in [3.8, 4) is 0 Å². The van der Waals surface area contributed by atoms with Crippen LogP contribution in [0.15, 0.2) is 12.2 Å². The molecular weight excluding hydrogens is 545 g/mol. The predicted octanol–water partition coefficient (Wildman–Crippen LogP) is 10.4. The fourth-order valence-electron chi connectivity index (χ4n) is 5.48. The summed E-state index contributed by atoms with van der Waals surface area (Å²) in [5, 5.41) is 0. The van der Waals surface area contributed by atoms with Crippen LogP contribution in [0.5, 0.6) is 0 Å². The number of unbranched alkanes of at least 4 members (excludes halogenated alkanes) is 16. The molecule has 6 nitrogen and oxygen atoms in total. The molecule has 0 aliphatic heterocycles. The highest BCUT2D eigenvalue weighted by molar-refractivity contribution is 7.53. The van der Waals surface area contributed by atoms with E-state index in [2.05, 4.69) is 19.1 Å². The molecule has 2 unspecified atom stereocenters. The third-order valence-corrected chi connectivity index (χ3v) is 10.0. The van der Waals surface area contributed by atoms with E-state index in [4.69, 9.17) is 14.0 Å². The van der Waals surface area contributed by atoms with Gasteiger partial charge in [0.25, 0.3) is 0 Å². The number of quaternary nitrogens is 1. The maximum Gasteiger partial charge on any atom is 0.385 e. The van der Waals surface area contributed by atoms with E-state index in [1.807, 2.05) is 48.8 Å². The molecule has 252 valence electrons. The quantitative estimate of drug-likeness (QED) is 0.0391. The monoisotopic (exact) mass is 619 g/mol. The van der Waals surface area contributed by atoms with E-state index >= 15 is 0 Å². The van der Waals surface area contributed by atoms with Crippen molar-refractivity contribution in [3.05, 3.63) is 12.2 Å². The van der Waals surface area contributed by atoms with Gasteiger partial charge in [-0.05, 0) is 52.9 Å². The van der Waals surface area contributed by atoms with E-state index in [-0.39, 0.29) is 18.3 Å². The maximum atomic E-state index is 13.0. The Morgan fingerprint density at radius 1 is 0.714 bits per heavy atom. The zero-order valence-corrected chi connectivity index (χ0v) is 30.2. The minimum atomic E-state index is -3.79. The molecule has 3 atom stereocenters. The van der Waals surface area contributed by atoms with Gasteiger partial charge < -0.3 is 23.4 Å². The number of allylic oxidation sites excluding steroid dienone is 2. The number of rotatable bonds is 29. The van der Waals surface area contributed by atoms with Crippen LogP contribution in [-0.4, -0.2) is 67.8 Å². The molecule has 0 rings (SSSR count). The van der Waals surface area contributed by atoms with Gasteiger partial charge in [0.1, 0.15) is 6.10 Å². The zero-order valence-electron chi connectivity index (χ0n) is 29.3. The molecule has 0 heterocycles. The van der Waals surface area contributed by atoms with Gasteiger partial charge in [0.05, 0.1) is 40.0 Å². The number of hydrogen-bond donors (Lipinski definition) is 1. The smallest absolute Gasteiger partial charge is 0.379 e. The lowest BCUT2D eigenvalue weighted by Crippen LogP contribution is -2.45. The minimum Gasteiger partial charge on any atom is -0.379 e. The molecule has 0 aromatic rings. The topological polar surface area (TPSA) is 65.0 Å². The van der Waals surface area contributed by atoms with Gasteiger partial charge >= 0.3 is 7.60 Å². The van der Waals surface area contributed by atoms with E-state index in [9.17, 15) is 9.46 Å². The van der Waals surface area contributed by atoms with Crippen LogP contribution in [0.3, 0.4) is 0 Å². The van der Waals surface area contributed by atoms with Crippen LogP contribution in [0, 0.1) is 0 Å². The molecule has 42 heavy (non-hydrogen) atoms. The largest absolute Gasteiger partial charge is 0.385 e. The van der Waals surface area contributed by atoms with Gasteiger partial charge in [0.15, 0.2) is 5.78 Å². The van der Waals surface area contributed by atoms with Gasteiger partial charge in [-0.2, -0.15) is 0 Å². The fourth-order valence-corrected chi connectivity index (χ4v) is 7.37. The lowest BCUT2D eigenvalue weighted by molar-refractivity contribution is -0.883. The summed E-state index contributed by atoms with van der Waals surface area (Å²) in [7, 11) is 1.97. The Kier molecular flexibility index (Phi) is 24.9. The molecule has 0 saturated heterocycles. The van der Waals surface area contributed by atoms with Gasteiger partial charge in [0.2, 0.25) is 0 Å². The molecule has 0 fully saturated rings. The third kappa shape index (κ3) is 25.1. The Balaban J connectivity index is 3.85. The Bertz CT molecular complexity index is 686. The minimum absolute atomic E-state index is 0.0527. The lowest BCUT2D eigenvalue weighted by Gasteiger charge is -2.36. The first kappa shape index (κ1) is 41.8. The number of ether oxygens (including phenoxy) is 2. The van der Waals surface area contributed by atoms with Crippen molar-refractivity contribution in [2.75, 3.05) is 41.0 Å². The van der Waals surface area contributed by atoms with Crippen LogP contribution in [-0.2, 0) is 18.6 Å². The van der Waals surface area contributed by atoms with Crippen molar-refractivity contribution in [2.45, 2.75) is 174 Å². The zero-order chi connectivity index (χ0) is 31.7. The number of nitrogens with zero attached hydrogens (tertiary/aromatic N) is 1. The second-order valence-corrected chi connectivity index (χ2v) is 16.1. The van der Waals surface area contributed by atoms with E-state index in [0.29, 0.717) is 24.1 Å². The molecule has 0 radical (unpaired) electrons. The van der Waals surface area contributed by atoms with E-state index in [1.165, 1.54) is 109 Å². The Morgan fingerprint density at radius 3 is 1.60 bits per heavy atom. The Morgan fingerprint density at radius 2 is 1.17 bits per heavy atom. The third-order valence-electron chi connectivity index (χ3n) is 7.71. The SMILES string of the molecule is CCCCCCCCC/C=C\CCCCCCCCCCCOC[C@H](COP(=O)(O)C(CC)[N+](C)(C)C)OC(C)(C)C. The summed E-state index contributed by atoms with van der Waals surface area (Å²) in [6.45, 7) is 11.3. The maximum absolute atomic E-state index is 13.0. The molecule has 0 aromatic carbocycles. The highest BCUT2D eigenvalue weighted by Gasteiger charge is 2.42. The summed E-state index contributed by atoms with van der Waals surface area (Å²) >= 11 is 0. The van der Waals surface area contributed by atoms with Gasteiger partial charge in [-0.15, -0.1) is 0 Å². The molecule has 1 N–H and O–H groups in total. The second-order valence-electron chi connectivity index (χ2n) is 14.1. The summed E-state index contributed by atoms with van der Waals surface area (Å²) in [6.07, 6.45) is 28.8. The van der Waals surface area contributed by atoms with Gasteiger partial charge in [-0.1, -0.05) is 109 Å². The molecule has 0 aromatic heterocycles. The molecule has 0 spiro atoms. The Labute approximate surface area is 262 Å². The van der Waals surface area contributed by atoms with Crippen LogP contribution in [0.2, 0.25) is 0 Å². The van der Waals surface area contributed by atoms with Crippen molar-refractivity contribution < 1.29 is 27.9 Å². The van der Waals surface area contributed by atoms with Crippen LogP contribution in [0.25, 0.3) is 0 Å². The molecule has 0 aliphatic carbocycles. The van der Waals surface area contributed by atoms with E-state index < -0.39 is 13.4 Å². The average molecular weight is 619 g/mol. The van der Waals surface area contributed by atoms with Crippen molar-refractivity contribution in [1.29, 1.82) is 0 Å². The molecular formula is C35H73NO5P+. The summed E-state index contributed by atoms with van der Waals surface area (Å²) in [6, 6.07) is 0. The average Bonchev–Trinajstić information content (AvgIpc) is 2.88. The summed E-state index contributed by atoms with van der Waals surface area (Å²) in [5.74, 6) is -0.472. The van der Waals surface area contributed by atoms with Crippen molar-refractivity contribution >= 4 is 7.60 Å². The normalized spacial score (nSPS) is 15.7. The summed E-state index contributed by atoms with van der Waals surface area (Å²) in [5.41, 5.74) is -0.384. The first-order valence-electron chi connectivity index (χ1n) is 17.5. The highest BCUT2D eigenvalue weighted by atomic mass is 31.2. The van der Waals surface area contributed by atoms with E-state index in [1.54, 1.807) is 0 Å². The van der Waals surface area contributed by atoms with Crippen LogP contribution in [0.1, 0.15) is 157 Å². The van der Waals surface area contributed by atoms with Gasteiger partial charge in [-0.3, -0.25) is 4.57 Å². The van der Waals surface area contributed by atoms with Crippen LogP contribution < -0.4 is 0 Å². The fraction of sp³-hybridized carbons (Fsp3) is 0.943. The highest BCUT2D eigenvalue weighted by Crippen LogP contribution is 2.51. The lowest BCUT2D eigenvalue weighted by atomic mass is 10.1. The van der Waals surface area contributed by atoms with Gasteiger partial charge in [-0.25, -0.2) is 0 Å². The molecule has 0 amide bonds. The van der Waals surface area contributed by atoms with Crippen molar-refractivity contribution in [1.82, 2.24) is 0 Å². The van der Waals surface area contributed by atoms with Crippen molar-refractivity contribution in [2.24, 2.45) is 0 Å². The molecule has 0 aliphatic rings. The van der Waals surface area contributed by atoms with Gasteiger partial charge in [0, 0.05) is 13.0 Å². The second kappa shape index (κ2) is 25.0. The Hall–Kier alpha value is -0.230. The first-order chi connectivity index (χ1) is 19.8.